The van der Waals surface area contributed by atoms with E-state index in [1.165, 1.54) is 11.5 Å². The van der Waals surface area contributed by atoms with Crippen molar-refractivity contribution in [2.75, 3.05) is 7.11 Å². The van der Waals surface area contributed by atoms with E-state index in [2.05, 4.69) is 26.4 Å². The summed E-state index contributed by atoms with van der Waals surface area (Å²) >= 11 is 1.20. The van der Waals surface area contributed by atoms with Crippen LogP contribution in [0.25, 0.3) is 23.6 Å². The molecule has 0 radical (unpaired) electrons. The van der Waals surface area contributed by atoms with E-state index in [1.807, 2.05) is 42.1 Å². The molecule has 0 amide bonds. The first-order valence-corrected chi connectivity index (χ1v) is 8.29. The number of nitrogens with one attached hydrogen (secondary N) is 2. The van der Waals surface area contributed by atoms with Crippen LogP contribution in [-0.2, 0) is 7.05 Å². The molecule has 7 nitrogen and oxygen atoms in total. The molecular formula is C17H15N5O2S. The molecule has 0 bridgehead atoms. The van der Waals surface area contributed by atoms with E-state index in [0.29, 0.717) is 15.9 Å². The Labute approximate surface area is 145 Å². The Bertz CT molecular complexity index is 1340. The lowest BCUT2D eigenvalue weighted by atomic mass is 10.1. The van der Waals surface area contributed by atoms with Crippen LogP contribution in [0.1, 0.15) is 5.56 Å². The number of H-pyrrole nitrogens is 2. The third-order valence-corrected chi connectivity index (χ3v) is 4.90. The molecule has 0 saturated heterocycles. The van der Waals surface area contributed by atoms with Crippen LogP contribution in [0, 0.1) is 9.88 Å². The van der Waals surface area contributed by atoms with Crippen molar-refractivity contribution in [1.82, 2.24) is 24.4 Å². The highest BCUT2D eigenvalue weighted by Crippen LogP contribution is 2.29. The van der Waals surface area contributed by atoms with Gasteiger partial charge in [0, 0.05) is 24.2 Å². The number of hydrogen-bond donors (Lipinski definition) is 2. The summed E-state index contributed by atoms with van der Waals surface area (Å²) in [6, 6.07) is 5.85. The quantitative estimate of drug-likeness (QED) is 0.552. The molecule has 0 aliphatic rings. The minimum Gasteiger partial charge on any atom is -0.495 e. The summed E-state index contributed by atoms with van der Waals surface area (Å²) in [7, 11) is 3.60. The van der Waals surface area contributed by atoms with Crippen LogP contribution in [0.15, 0.2) is 29.2 Å². The first kappa shape index (κ1) is 15.4. The zero-order chi connectivity index (χ0) is 17.6. The van der Waals surface area contributed by atoms with E-state index >= 15 is 0 Å². The molecule has 8 heteroatoms. The zero-order valence-corrected chi connectivity index (χ0v) is 14.5. The number of rotatable bonds is 2. The molecule has 25 heavy (non-hydrogen) atoms. The van der Waals surface area contributed by atoms with Gasteiger partial charge in [0.2, 0.25) is 0 Å². The maximum atomic E-state index is 12.3. The fourth-order valence-electron chi connectivity index (χ4n) is 2.98. The number of ether oxygens (including phenoxy) is 1. The number of nitrogens with zero attached hydrogens (tertiary/aromatic N) is 3. The van der Waals surface area contributed by atoms with Gasteiger partial charge in [0.25, 0.3) is 5.56 Å². The average molecular weight is 353 g/mol. The van der Waals surface area contributed by atoms with Gasteiger partial charge in [-0.3, -0.25) is 15.0 Å². The van der Waals surface area contributed by atoms with Crippen molar-refractivity contribution in [3.05, 3.63) is 60.8 Å². The fourth-order valence-corrected chi connectivity index (χ4v) is 3.60. The highest BCUT2D eigenvalue weighted by Gasteiger charge is 2.10. The average Bonchev–Trinajstić information content (AvgIpc) is 3.27. The van der Waals surface area contributed by atoms with Gasteiger partial charge in [0.05, 0.1) is 23.2 Å². The van der Waals surface area contributed by atoms with Gasteiger partial charge in [-0.25, -0.2) is 0 Å². The first-order chi connectivity index (χ1) is 12.1. The van der Waals surface area contributed by atoms with Gasteiger partial charge in [0.1, 0.15) is 15.6 Å². The van der Waals surface area contributed by atoms with E-state index in [-0.39, 0.29) is 5.56 Å². The minimum atomic E-state index is -0.206. The van der Waals surface area contributed by atoms with Gasteiger partial charge < -0.3 is 9.30 Å². The largest absolute Gasteiger partial charge is 0.495 e. The van der Waals surface area contributed by atoms with Crippen LogP contribution in [0.2, 0.25) is 0 Å². The summed E-state index contributed by atoms with van der Waals surface area (Å²) in [4.78, 5) is 12.3. The summed E-state index contributed by atoms with van der Waals surface area (Å²) in [5, 5.41) is 12.2. The Morgan fingerprint density at radius 3 is 2.92 bits per heavy atom. The van der Waals surface area contributed by atoms with Crippen LogP contribution in [0.5, 0.6) is 5.75 Å². The van der Waals surface area contributed by atoms with E-state index in [9.17, 15) is 4.79 Å². The monoisotopic (exact) mass is 353 g/mol. The third kappa shape index (κ3) is 2.38. The molecule has 0 unspecified atom stereocenters. The molecule has 0 saturated carbocycles. The Balaban J connectivity index is 2.14. The number of methoxy groups -OCH3 is 1. The second kappa shape index (κ2) is 5.75. The molecule has 4 aromatic rings. The van der Waals surface area contributed by atoms with Crippen molar-refractivity contribution in [1.29, 1.82) is 0 Å². The van der Waals surface area contributed by atoms with Gasteiger partial charge >= 0.3 is 0 Å². The Morgan fingerprint density at radius 2 is 2.20 bits per heavy atom. The summed E-state index contributed by atoms with van der Waals surface area (Å²) in [5.41, 5.74) is 1.69. The molecule has 0 aliphatic carbocycles. The predicted octanol–water partition coefficient (Wildman–Crippen LogP) is 0.581. The van der Waals surface area contributed by atoms with Crippen LogP contribution in [0.4, 0.5) is 0 Å². The number of aryl methyl sites for hydroxylation is 1. The fraction of sp³-hybridized carbons (Fsp3) is 0.118. The lowest BCUT2D eigenvalue weighted by molar-refractivity contribution is 0.418. The molecule has 2 N–H and O–H groups in total. The minimum absolute atomic E-state index is 0.206. The Hall–Kier alpha value is -3.13. The van der Waals surface area contributed by atoms with Gasteiger partial charge in [-0.05, 0) is 23.7 Å². The van der Waals surface area contributed by atoms with Crippen molar-refractivity contribution in [2.45, 2.75) is 0 Å². The van der Waals surface area contributed by atoms with Crippen molar-refractivity contribution < 1.29 is 4.74 Å². The zero-order valence-electron chi connectivity index (χ0n) is 13.7. The van der Waals surface area contributed by atoms with E-state index in [1.54, 1.807) is 7.11 Å². The van der Waals surface area contributed by atoms with E-state index in [0.717, 1.165) is 26.7 Å². The van der Waals surface area contributed by atoms with Crippen LogP contribution >= 0.6 is 11.5 Å². The smallest absolute Gasteiger partial charge is 0.271 e. The van der Waals surface area contributed by atoms with Crippen LogP contribution in [-0.4, -0.2) is 31.5 Å². The number of benzene rings is 1. The van der Waals surface area contributed by atoms with Crippen LogP contribution in [0.3, 0.4) is 0 Å². The van der Waals surface area contributed by atoms with Crippen molar-refractivity contribution in [3.63, 3.8) is 0 Å². The summed E-state index contributed by atoms with van der Waals surface area (Å²) in [6.45, 7) is 3.86. The lowest BCUT2D eigenvalue weighted by Crippen LogP contribution is -2.22. The van der Waals surface area contributed by atoms with Gasteiger partial charge in [0.15, 0.2) is 0 Å². The first-order valence-electron chi connectivity index (χ1n) is 7.52. The standard InChI is InChI=1S/C17H15N5O2S/c1-9-16(25-21-18-9)14-12(17(23)20-19-14)7-10-8-22(2)15-11(10)5-4-6-13(15)24-3/h4-8,19H,1H2,2-3H3,(H,20,23)/b12-7-,16-14-. The number of fused-ring (bicyclic) bond motifs is 1. The van der Waals surface area contributed by atoms with Gasteiger partial charge in [-0.15, -0.1) is 5.10 Å². The molecule has 0 aliphatic heterocycles. The van der Waals surface area contributed by atoms with E-state index in [4.69, 9.17) is 4.74 Å². The van der Waals surface area contributed by atoms with Gasteiger partial charge in [-0.1, -0.05) is 23.2 Å². The highest BCUT2D eigenvalue weighted by molar-refractivity contribution is 7.03. The molecular weight excluding hydrogens is 338 g/mol. The molecule has 0 atom stereocenters. The lowest BCUT2D eigenvalue weighted by Gasteiger charge is -2.03. The SMILES string of the molecule is C=c1nns/c1=c1\[nH][nH]c(=O)\c1=C/c1cn(C)c2c(OC)cccc12. The Morgan fingerprint density at radius 1 is 1.36 bits per heavy atom. The molecule has 3 heterocycles. The molecule has 0 fully saturated rings. The number of aromatic nitrogens is 5. The topological polar surface area (TPSA) is 88.6 Å². The van der Waals surface area contributed by atoms with Crippen molar-refractivity contribution >= 4 is 35.1 Å². The molecule has 3 aromatic heterocycles. The number of para-hydroxylation sites is 1. The summed E-state index contributed by atoms with van der Waals surface area (Å²) in [6.07, 6.45) is 3.82. The molecule has 4 rings (SSSR count). The van der Waals surface area contributed by atoms with Crippen LogP contribution < -0.4 is 20.9 Å². The molecule has 1 aromatic carbocycles. The molecule has 126 valence electrons. The second-order valence-electron chi connectivity index (χ2n) is 5.61. The molecule has 0 spiro atoms. The highest BCUT2D eigenvalue weighted by atomic mass is 32.1. The third-order valence-electron chi connectivity index (χ3n) is 4.11. The van der Waals surface area contributed by atoms with Crippen molar-refractivity contribution in [3.8, 4) is 5.75 Å². The van der Waals surface area contributed by atoms with Gasteiger partial charge in [-0.2, -0.15) is 0 Å². The van der Waals surface area contributed by atoms with Crippen molar-refractivity contribution in [2.24, 2.45) is 7.05 Å². The maximum Gasteiger partial charge on any atom is 0.271 e. The second-order valence-corrected chi connectivity index (χ2v) is 6.37. The number of hydrogen-bond acceptors (Lipinski definition) is 5. The number of aromatic amines is 2. The summed E-state index contributed by atoms with van der Waals surface area (Å²) in [5.74, 6) is 0.787. The Kier molecular flexibility index (Phi) is 3.54. The summed E-state index contributed by atoms with van der Waals surface area (Å²) < 4.78 is 12.1. The maximum absolute atomic E-state index is 12.3. The predicted molar refractivity (Wildman–Crippen MR) is 96.8 cm³/mol. The normalized spacial score (nSPS) is 13.6. The van der Waals surface area contributed by atoms with E-state index < -0.39 is 0 Å².